The zero-order valence-electron chi connectivity index (χ0n) is 12.3. The molecule has 0 bridgehead atoms. The number of benzene rings is 1. The van der Waals surface area contributed by atoms with Gasteiger partial charge >= 0.3 is 0 Å². The predicted molar refractivity (Wildman–Crippen MR) is 94.0 cm³/mol. The van der Waals surface area contributed by atoms with Crippen molar-refractivity contribution in [3.05, 3.63) is 33.1 Å². The minimum atomic E-state index is -0.406. The molecule has 1 aromatic heterocycles. The van der Waals surface area contributed by atoms with Crippen molar-refractivity contribution >= 4 is 56.4 Å². The van der Waals surface area contributed by atoms with Crippen LogP contribution in [0, 0.1) is 5.92 Å². The first-order chi connectivity index (χ1) is 11.1. The quantitative estimate of drug-likeness (QED) is 0.761. The van der Waals surface area contributed by atoms with Crippen LogP contribution in [0.3, 0.4) is 0 Å². The average Bonchev–Trinajstić information content (AvgIpc) is 2.89. The Hall–Kier alpha value is -1.30. The number of hydrogen-bond acceptors (Lipinski definition) is 3. The van der Waals surface area contributed by atoms with E-state index in [1.165, 1.54) is 17.8 Å². The van der Waals surface area contributed by atoms with E-state index < -0.39 is 5.91 Å². The summed E-state index contributed by atoms with van der Waals surface area (Å²) >= 11 is 13.5. The number of halogens is 2. The number of carbonyl (C=O) groups is 2. The van der Waals surface area contributed by atoms with E-state index in [4.69, 9.17) is 23.2 Å². The predicted octanol–water partition coefficient (Wildman–Crippen LogP) is 4.55. The number of rotatable bonds is 2. The lowest BCUT2D eigenvalue weighted by molar-refractivity contribution is -0.126. The van der Waals surface area contributed by atoms with Crippen LogP contribution >= 0.6 is 34.5 Å². The number of fused-ring (bicyclic) bond motifs is 1. The maximum atomic E-state index is 12.3. The van der Waals surface area contributed by atoms with E-state index >= 15 is 0 Å². The molecule has 2 aromatic rings. The molecule has 0 aliphatic heterocycles. The smallest absolute Gasteiger partial charge is 0.273 e. The maximum absolute atomic E-state index is 12.3. The summed E-state index contributed by atoms with van der Waals surface area (Å²) in [5, 5.41) is 1.75. The number of hydrogen-bond donors (Lipinski definition) is 2. The molecule has 0 atom stereocenters. The van der Waals surface area contributed by atoms with Crippen LogP contribution in [-0.4, -0.2) is 11.8 Å². The monoisotopic (exact) mass is 370 g/mol. The fourth-order valence-electron chi connectivity index (χ4n) is 2.83. The lowest BCUT2D eigenvalue weighted by Crippen LogP contribution is -2.44. The third kappa shape index (κ3) is 3.62. The summed E-state index contributed by atoms with van der Waals surface area (Å²) in [5.74, 6) is -0.546. The first-order valence-corrected chi connectivity index (χ1v) is 9.11. The molecule has 7 heteroatoms. The van der Waals surface area contributed by atoms with Crippen molar-refractivity contribution in [2.24, 2.45) is 5.92 Å². The van der Waals surface area contributed by atoms with Crippen molar-refractivity contribution in [3.63, 3.8) is 0 Å². The van der Waals surface area contributed by atoms with Crippen molar-refractivity contribution in [2.75, 3.05) is 0 Å². The number of nitrogens with one attached hydrogen (secondary N) is 2. The minimum Gasteiger partial charge on any atom is -0.273 e. The summed E-state index contributed by atoms with van der Waals surface area (Å²) in [6.45, 7) is 0. The molecule has 1 heterocycles. The van der Waals surface area contributed by atoms with E-state index in [-0.39, 0.29) is 11.8 Å². The van der Waals surface area contributed by atoms with Gasteiger partial charge in [0.05, 0.1) is 5.02 Å². The lowest BCUT2D eigenvalue weighted by atomic mass is 9.89. The van der Waals surface area contributed by atoms with Gasteiger partial charge in [-0.25, -0.2) is 0 Å². The second-order valence-electron chi connectivity index (χ2n) is 5.66. The van der Waals surface area contributed by atoms with Gasteiger partial charge in [0, 0.05) is 21.0 Å². The highest BCUT2D eigenvalue weighted by atomic mass is 35.5. The standard InChI is InChI=1S/C16H16Cl2N2O2S/c17-10-6-7-11-12(8-10)23-14(13(11)18)16(22)20-19-15(21)9-4-2-1-3-5-9/h6-9H,1-5H2,(H,19,21)(H,20,22). The number of thiophene rings is 1. The Labute approximate surface area is 148 Å². The van der Waals surface area contributed by atoms with Crippen molar-refractivity contribution in [3.8, 4) is 0 Å². The number of carbonyl (C=O) groups excluding carboxylic acids is 2. The Kier molecular flexibility index (Phi) is 5.09. The summed E-state index contributed by atoms with van der Waals surface area (Å²) < 4.78 is 0.839. The summed E-state index contributed by atoms with van der Waals surface area (Å²) in [6, 6.07) is 5.29. The normalized spacial score (nSPS) is 15.6. The van der Waals surface area contributed by atoms with Gasteiger partial charge in [0.2, 0.25) is 5.91 Å². The fraction of sp³-hybridized carbons (Fsp3) is 0.375. The SMILES string of the molecule is O=C(NNC(=O)C1CCCCC1)c1sc2cc(Cl)ccc2c1Cl. The van der Waals surface area contributed by atoms with Crippen molar-refractivity contribution < 1.29 is 9.59 Å². The Bertz CT molecular complexity index is 754. The third-order valence-electron chi connectivity index (χ3n) is 4.07. The van der Waals surface area contributed by atoms with Gasteiger partial charge in [0.15, 0.2) is 0 Å². The Morgan fingerprint density at radius 3 is 2.57 bits per heavy atom. The lowest BCUT2D eigenvalue weighted by Gasteiger charge is -2.20. The number of hydrazine groups is 1. The zero-order chi connectivity index (χ0) is 16.4. The van der Waals surface area contributed by atoms with Crippen molar-refractivity contribution in [1.29, 1.82) is 0 Å². The fourth-order valence-corrected chi connectivity index (χ4v) is 4.52. The maximum Gasteiger partial charge on any atom is 0.281 e. The summed E-state index contributed by atoms with van der Waals surface area (Å²) in [6.07, 6.45) is 5.06. The second-order valence-corrected chi connectivity index (χ2v) is 7.53. The summed E-state index contributed by atoms with van der Waals surface area (Å²) in [4.78, 5) is 24.7. The average molecular weight is 371 g/mol. The molecular weight excluding hydrogens is 355 g/mol. The Balaban J connectivity index is 1.68. The molecule has 4 nitrogen and oxygen atoms in total. The Morgan fingerprint density at radius 1 is 1.09 bits per heavy atom. The van der Waals surface area contributed by atoms with Crippen LogP contribution in [-0.2, 0) is 4.79 Å². The Morgan fingerprint density at radius 2 is 1.83 bits per heavy atom. The molecule has 2 N–H and O–H groups in total. The molecular formula is C16H16Cl2N2O2S. The van der Waals surface area contributed by atoms with Gasteiger partial charge in [-0.05, 0) is 25.0 Å². The van der Waals surface area contributed by atoms with Gasteiger partial charge in [-0.15, -0.1) is 11.3 Å². The van der Waals surface area contributed by atoms with E-state index in [1.807, 2.05) is 0 Å². The first-order valence-electron chi connectivity index (χ1n) is 7.54. The van der Waals surface area contributed by atoms with Crippen LogP contribution in [0.1, 0.15) is 41.8 Å². The molecule has 1 aliphatic rings. The molecule has 0 spiro atoms. The van der Waals surface area contributed by atoms with Gasteiger partial charge < -0.3 is 0 Å². The van der Waals surface area contributed by atoms with E-state index in [0.717, 1.165) is 35.8 Å². The van der Waals surface area contributed by atoms with Crippen LogP contribution in [0.4, 0.5) is 0 Å². The minimum absolute atomic E-state index is 0.0132. The topological polar surface area (TPSA) is 58.2 Å². The number of amides is 2. The zero-order valence-corrected chi connectivity index (χ0v) is 14.7. The van der Waals surface area contributed by atoms with Gasteiger partial charge in [-0.2, -0.15) is 0 Å². The molecule has 122 valence electrons. The molecule has 1 aliphatic carbocycles. The third-order valence-corrected chi connectivity index (χ3v) is 5.96. The highest BCUT2D eigenvalue weighted by molar-refractivity contribution is 7.21. The molecule has 0 unspecified atom stereocenters. The van der Waals surface area contributed by atoms with Gasteiger partial charge in [-0.1, -0.05) is 48.5 Å². The first kappa shape index (κ1) is 16.6. The molecule has 3 rings (SSSR count). The molecule has 0 radical (unpaired) electrons. The van der Waals surface area contributed by atoms with E-state index in [1.54, 1.807) is 18.2 Å². The molecule has 23 heavy (non-hydrogen) atoms. The van der Waals surface area contributed by atoms with Crippen LogP contribution in [0.5, 0.6) is 0 Å². The molecule has 0 saturated heterocycles. The highest BCUT2D eigenvalue weighted by Crippen LogP contribution is 2.36. The van der Waals surface area contributed by atoms with Crippen molar-refractivity contribution in [1.82, 2.24) is 10.9 Å². The van der Waals surface area contributed by atoms with Crippen LogP contribution in [0.25, 0.3) is 10.1 Å². The largest absolute Gasteiger partial charge is 0.281 e. The molecule has 2 amide bonds. The summed E-state index contributed by atoms with van der Waals surface area (Å²) in [7, 11) is 0. The second kappa shape index (κ2) is 7.07. The summed E-state index contributed by atoms with van der Waals surface area (Å²) in [5.41, 5.74) is 4.98. The van der Waals surface area contributed by atoms with Crippen LogP contribution in [0.15, 0.2) is 18.2 Å². The van der Waals surface area contributed by atoms with Gasteiger partial charge in [-0.3, -0.25) is 20.4 Å². The molecule has 1 saturated carbocycles. The highest BCUT2D eigenvalue weighted by Gasteiger charge is 2.22. The van der Waals surface area contributed by atoms with Crippen LogP contribution < -0.4 is 10.9 Å². The van der Waals surface area contributed by atoms with E-state index in [9.17, 15) is 9.59 Å². The molecule has 1 aromatic carbocycles. The van der Waals surface area contributed by atoms with Crippen LogP contribution in [0.2, 0.25) is 10.0 Å². The molecule has 1 fully saturated rings. The van der Waals surface area contributed by atoms with Gasteiger partial charge in [0.1, 0.15) is 4.88 Å². The van der Waals surface area contributed by atoms with Gasteiger partial charge in [0.25, 0.3) is 5.91 Å². The van der Waals surface area contributed by atoms with Crippen molar-refractivity contribution in [2.45, 2.75) is 32.1 Å². The van der Waals surface area contributed by atoms with E-state index in [0.29, 0.717) is 14.9 Å². The van der Waals surface area contributed by atoms with E-state index in [2.05, 4.69) is 10.9 Å².